The van der Waals surface area contributed by atoms with Gasteiger partial charge < -0.3 is 10.4 Å². The van der Waals surface area contributed by atoms with E-state index in [1.165, 1.54) is 6.08 Å². The highest BCUT2D eigenvalue weighted by molar-refractivity contribution is 6.30. The maximum Gasteiger partial charge on any atom is 0.310 e. The number of carbonyl (C=O) groups excluding carboxylic acids is 1. The number of aliphatic carboxylic acids is 1. The molecule has 0 aliphatic heterocycles. The third kappa shape index (κ3) is 5.14. The molecule has 1 rings (SSSR count). The fourth-order valence-corrected chi connectivity index (χ4v) is 1.42. The van der Waals surface area contributed by atoms with Gasteiger partial charge in [0.25, 0.3) is 0 Å². The van der Waals surface area contributed by atoms with Crippen molar-refractivity contribution in [2.45, 2.75) is 13.8 Å². The molecule has 0 saturated heterocycles. The van der Waals surface area contributed by atoms with E-state index in [1.807, 2.05) is 6.07 Å². The molecule has 102 valence electrons. The standard InChI is InChI=1S/C14H16ClNO3/c1-14(2,13(18)19)9-16-12(17)7-6-10-4-3-5-11(15)8-10/h3-8H,9H2,1-2H3,(H,16,17)(H,18,19)/b7-6+. The summed E-state index contributed by atoms with van der Waals surface area (Å²) in [6, 6.07) is 7.07. The Morgan fingerprint density at radius 1 is 1.42 bits per heavy atom. The fraction of sp³-hybridized carbons (Fsp3) is 0.286. The molecular weight excluding hydrogens is 266 g/mol. The van der Waals surface area contributed by atoms with Crippen molar-refractivity contribution in [1.82, 2.24) is 5.32 Å². The van der Waals surface area contributed by atoms with Gasteiger partial charge in [-0.25, -0.2) is 0 Å². The number of benzene rings is 1. The van der Waals surface area contributed by atoms with Crippen LogP contribution in [-0.4, -0.2) is 23.5 Å². The summed E-state index contributed by atoms with van der Waals surface area (Å²) < 4.78 is 0. The molecule has 1 aromatic rings. The summed E-state index contributed by atoms with van der Waals surface area (Å²) in [6.45, 7) is 3.17. The molecule has 0 spiro atoms. The molecule has 0 aliphatic rings. The van der Waals surface area contributed by atoms with Gasteiger partial charge in [0, 0.05) is 17.6 Å². The lowest BCUT2D eigenvalue weighted by molar-refractivity contribution is -0.146. The van der Waals surface area contributed by atoms with Crippen molar-refractivity contribution in [3.05, 3.63) is 40.9 Å². The predicted octanol–water partition coefficient (Wildman–Crippen LogP) is 2.58. The first-order valence-corrected chi connectivity index (χ1v) is 6.14. The molecule has 0 aliphatic carbocycles. The molecule has 0 unspecified atom stereocenters. The van der Waals surface area contributed by atoms with Crippen LogP contribution < -0.4 is 5.32 Å². The molecular formula is C14H16ClNO3. The average Bonchev–Trinajstić information content (AvgIpc) is 2.34. The van der Waals surface area contributed by atoms with Crippen LogP contribution in [0.2, 0.25) is 5.02 Å². The highest BCUT2D eigenvalue weighted by Crippen LogP contribution is 2.13. The van der Waals surface area contributed by atoms with Crippen LogP contribution in [0.1, 0.15) is 19.4 Å². The van der Waals surface area contributed by atoms with Crippen molar-refractivity contribution in [3.8, 4) is 0 Å². The van der Waals surface area contributed by atoms with Crippen molar-refractivity contribution in [2.24, 2.45) is 5.41 Å². The Balaban J connectivity index is 2.54. The van der Waals surface area contributed by atoms with Gasteiger partial charge in [-0.15, -0.1) is 0 Å². The number of halogens is 1. The summed E-state index contributed by atoms with van der Waals surface area (Å²) in [5.41, 5.74) is -0.181. The van der Waals surface area contributed by atoms with Gasteiger partial charge in [0.1, 0.15) is 0 Å². The summed E-state index contributed by atoms with van der Waals surface area (Å²) in [5.74, 6) is -1.29. The van der Waals surface area contributed by atoms with Crippen LogP contribution >= 0.6 is 11.6 Å². The summed E-state index contributed by atoms with van der Waals surface area (Å²) >= 11 is 5.82. The van der Waals surface area contributed by atoms with Gasteiger partial charge in [0.2, 0.25) is 5.91 Å². The number of carboxylic acids is 1. The molecule has 0 radical (unpaired) electrons. The van der Waals surface area contributed by atoms with Gasteiger partial charge in [0.15, 0.2) is 0 Å². The van der Waals surface area contributed by atoms with Crippen LogP contribution in [0.4, 0.5) is 0 Å². The van der Waals surface area contributed by atoms with E-state index in [0.29, 0.717) is 5.02 Å². The number of hydrogen-bond donors (Lipinski definition) is 2. The van der Waals surface area contributed by atoms with Crippen molar-refractivity contribution < 1.29 is 14.7 Å². The quantitative estimate of drug-likeness (QED) is 0.815. The number of rotatable bonds is 5. The van der Waals surface area contributed by atoms with E-state index in [2.05, 4.69) is 5.32 Å². The monoisotopic (exact) mass is 281 g/mol. The molecule has 1 aromatic carbocycles. The molecule has 2 N–H and O–H groups in total. The summed E-state index contributed by atoms with van der Waals surface area (Å²) in [6.07, 6.45) is 2.97. The van der Waals surface area contributed by atoms with Crippen LogP contribution in [0.3, 0.4) is 0 Å². The lowest BCUT2D eigenvalue weighted by atomic mass is 9.94. The maximum absolute atomic E-state index is 11.5. The van der Waals surface area contributed by atoms with Crippen LogP contribution in [-0.2, 0) is 9.59 Å². The minimum atomic E-state index is -0.987. The fourth-order valence-electron chi connectivity index (χ4n) is 1.22. The second-order valence-electron chi connectivity index (χ2n) is 4.80. The zero-order chi connectivity index (χ0) is 14.5. The molecule has 1 amide bonds. The Labute approximate surface area is 117 Å². The van der Waals surface area contributed by atoms with Gasteiger partial charge in [-0.2, -0.15) is 0 Å². The van der Waals surface area contributed by atoms with Crippen molar-refractivity contribution in [1.29, 1.82) is 0 Å². The predicted molar refractivity (Wildman–Crippen MR) is 74.9 cm³/mol. The van der Waals surface area contributed by atoms with Crippen molar-refractivity contribution >= 4 is 29.6 Å². The van der Waals surface area contributed by atoms with E-state index in [1.54, 1.807) is 38.1 Å². The van der Waals surface area contributed by atoms with Crippen LogP contribution in [0.15, 0.2) is 30.3 Å². The maximum atomic E-state index is 11.5. The Bertz CT molecular complexity index is 509. The smallest absolute Gasteiger partial charge is 0.310 e. The first kappa shape index (κ1) is 15.2. The van der Waals surface area contributed by atoms with E-state index in [-0.39, 0.29) is 12.5 Å². The van der Waals surface area contributed by atoms with E-state index in [4.69, 9.17) is 16.7 Å². The first-order valence-electron chi connectivity index (χ1n) is 5.76. The van der Waals surface area contributed by atoms with Gasteiger partial charge in [0.05, 0.1) is 5.41 Å². The number of nitrogens with one attached hydrogen (secondary N) is 1. The van der Waals surface area contributed by atoms with Gasteiger partial charge in [-0.3, -0.25) is 9.59 Å². The Kier molecular flexibility index (Phi) is 5.12. The largest absolute Gasteiger partial charge is 0.481 e. The van der Waals surface area contributed by atoms with E-state index >= 15 is 0 Å². The number of hydrogen-bond acceptors (Lipinski definition) is 2. The van der Waals surface area contributed by atoms with Crippen molar-refractivity contribution in [2.75, 3.05) is 6.54 Å². The van der Waals surface area contributed by atoms with Gasteiger partial charge in [-0.1, -0.05) is 23.7 Å². The molecule has 0 bridgehead atoms. The van der Waals surface area contributed by atoms with Gasteiger partial charge in [-0.05, 0) is 37.6 Å². The zero-order valence-electron chi connectivity index (χ0n) is 10.8. The third-order valence-electron chi connectivity index (χ3n) is 2.56. The minimum absolute atomic E-state index is 0.0705. The van der Waals surface area contributed by atoms with E-state index in [9.17, 15) is 9.59 Å². The van der Waals surface area contributed by atoms with E-state index in [0.717, 1.165) is 5.56 Å². The molecule has 19 heavy (non-hydrogen) atoms. The van der Waals surface area contributed by atoms with E-state index < -0.39 is 11.4 Å². The highest BCUT2D eigenvalue weighted by Gasteiger charge is 2.27. The van der Waals surface area contributed by atoms with Gasteiger partial charge >= 0.3 is 5.97 Å². The molecule has 0 atom stereocenters. The summed E-state index contributed by atoms with van der Waals surface area (Å²) in [5, 5.41) is 12.1. The Hall–Kier alpha value is -1.81. The topological polar surface area (TPSA) is 66.4 Å². The average molecular weight is 282 g/mol. The van der Waals surface area contributed by atoms with Crippen LogP contribution in [0.5, 0.6) is 0 Å². The minimum Gasteiger partial charge on any atom is -0.481 e. The number of carboxylic acid groups (broad SMARTS) is 1. The summed E-state index contributed by atoms with van der Waals surface area (Å²) in [7, 11) is 0. The SMILES string of the molecule is CC(C)(CNC(=O)/C=C/c1cccc(Cl)c1)C(=O)O. The molecule has 5 heteroatoms. The highest BCUT2D eigenvalue weighted by atomic mass is 35.5. The lowest BCUT2D eigenvalue weighted by Crippen LogP contribution is -2.38. The Morgan fingerprint density at radius 2 is 2.11 bits per heavy atom. The van der Waals surface area contributed by atoms with Crippen LogP contribution in [0, 0.1) is 5.41 Å². The molecule has 0 aromatic heterocycles. The molecule has 4 nitrogen and oxygen atoms in total. The normalized spacial score (nSPS) is 11.5. The van der Waals surface area contributed by atoms with Crippen LogP contribution in [0.25, 0.3) is 6.08 Å². The second-order valence-corrected chi connectivity index (χ2v) is 5.23. The third-order valence-corrected chi connectivity index (χ3v) is 2.79. The first-order chi connectivity index (χ1) is 8.81. The second kappa shape index (κ2) is 6.38. The molecule has 0 saturated carbocycles. The van der Waals surface area contributed by atoms with Crippen molar-refractivity contribution in [3.63, 3.8) is 0 Å². The number of amides is 1. The zero-order valence-corrected chi connectivity index (χ0v) is 11.6. The molecule has 0 fully saturated rings. The number of carbonyl (C=O) groups is 2. The molecule has 0 heterocycles. The lowest BCUT2D eigenvalue weighted by Gasteiger charge is -2.18. The summed E-state index contributed by atoms with van der Waals surface area (Å²) in [4.78, 5) is 22.4. The Morgan fingerprint density at radius 3 is 2.68 bits per heavy atom.